The van der Waals surface area contributed by atoms with E-state index in [1.54, 1.807) is 0 Å². The number of hydrogen-bond acceptors (Lipinski definition) is 2. The summed E-state index contributed by atoms with van der Waals surface area (Å²) in [7, 11) is 4.18. The van der Waals surface area contributed by atoms with Gasteiger partial charge in [0.1, 0.15) is 0 Å². The van der Waals surface area contributed by atoms with Gasteiger partial charge in [-0.15, -0.1) is 0 Å². The van der Waals surface area contributed by atoms with E-state index in [9.17, 15) is 4.79 Å². The zero-order valence-electron chi connectivity index (χ0n) is 13.3. The third kappa shape index (κ3) is 3.07. The van der Waals surface area contributed by atoms with Gasteiger partial charge in [0.2, 0.25) is 0 Å². The summed E-state index contributed by atoms with van der Waals surface area (Å²) in [6.07, 6.45) is 6.26. The molecule has 0 saturated carbocycles. The second-order valence-corrected chi connectivity index (χ2v) is 6.15. The average molecular weight is 297 g/mol. The summed E-state index contributed by atoms with van der Waals surface area (Å²) < 4.78 is 2.04. The molecule has 0 spiro atoms. The van der Waals surface area contributed by atoms with Crippen LogP contribution in [0.15, 0.2) is 48.8 Å². The van der Waals surface area contributed by atoms with Crippen LogP contribution in [0.5, 0.6) is 0 Å². The third-order valence-electron chi connectivity index (χ3n) is 4.43. The predicted octanol–water partition coefficient (Wildman–Crippen LogP) is 2.64. The largest absolute Gasteiger partial charge is 0.337 e. The molecule has 1 atom stereocenters. The molecule has 4 nitrogen and oxygen atoms in total. The molecule has 1 fully saturated rings. The first-order chi connectivity index (χ1) is 10.6. The molecule has 1 unspecified atom stereocenters. The van der Waals surface area contributed by atoms with Crippen molar-refractivity contribution in [2.75, 3.05) is 27.2 Å². The van der Waals surface area contributed by atoms with Crippen LogP contribution in [0.4, 0.5) is 0 Å². The van der Waals surface area contributed by atoms with E-state index in [0.29, 0.717) is 6.04 Å². The zero-order chi connectivity index (χ0) is 15.5. The molecular weight excluding hydrogens is 274 g/mol. The van der Waals surface area contributed by atoms with E-state index in [-0.39, 0.29) is 5.91 Å². The van der Waals surface area contributed by atoms with E-state index in [1.165, 1.54) is 6.42 Å². The van der Waals surface area contributed by atoms with Gasteiger partial charge < -0.3 is 14.4 Å². The summed E-state index contributed by atoms with van der Waals surface area (Å²) in [6.45, 7) is 1.69. The van der Waals surface area contributed by atoms with Gasteiger partial charge >= 0.3 is 0 Å². The van der Waals surface area contributed by atoms with Crippen LogP contribution in [0.1, 0.15) is 23.2 Å². The van der Waals surface area contributed by atoms with Crippen molar-refractivity contribution in [3.63, 3.8) is 0 Å². The second-order valence-electron chi connectivity index (χ2n) is 6.15. The van der Waals surface area contributed by atoms with Crippen LogP contribution in [0, 0.1) is 0 Å². The lowest BCUT2D eigenvalue weighted by molar-refractivity contribution is 0.0635. The molecule has 1 aromatic heterocycles. The molecule has 3 rings (SSSR count). The number of carbonyl (C=O) groups excluding carboxylic acids is 1. The summed E-state index contributed by atoms with van der Waals surface area (Å²) in [5, 5.41) is 0. The van der Waals surface area contributed by atoms with Gasteiger partial charge in [0, 0.05) is 42.8 Å². The van der Waals surface area contributed by atoms with E-state index in [1.807, 2.05) is 58.3 Å². The van der Waals surface area contributed by atoms with Crippen molar-refractivity contribution in [2.24, 2.45) is 0 Å². The number of piperidine rings is 1. The van der Waals surface area contributed by atoms with Crippen molar-refractivity contribution in [3.05, 3.63) is 54.4 Å². The minimum Gasteiger partial charge on any atom is -0.337 e. The van der Waals surface area contributed by atoms with Crippen LogP contribution in [0.2, 0.25) is 0 Å². The van der Waals surface area contributed by atoms with Crippen molar-refractivity contribution < 1.29 is 4.79 Å². The second kappa shape index (κ2) is 6.36. The number of likely N-dealkylation sites (tertiary alicyclic amines) is 1. The molecule has 0 radical (unpaired) electrons. The highest BCUT2D eigenvalue weighted by molar-refractivity contribution is 5.94. The van der Waals surface area contributed by atoms with E-state index >= 15 is 0 Å². The Kier molecular flexibility index (Phi) is 4.29. The number of amides is 1. The molecule has 2 heterocycles. The van der Waals surface area contributed by atoms with Crippen LogP contribution in [-0.4, -0.2) is 53.5 Å². The molecule has 0 N–H and O–H groups in total. The number of nitrogens with zero attached hydrogens (tertiary/aromatic N) is 3. The Labute approximate surface area is 132 Å². The smallest absolute Gasteiger partial charge is 0.253 e. The topological polar surface area (TPSA) is 28.5 Å². The minimum atomic E-state index is 0.144. The Balaban J connectivity index is 1.72. The number of aromatic nitrogens is 1. The van der Waals surface area contributed by atoms with E-state index in [4.69, 9.17) is 0 Å². The van der Waals surface area contributed by atoms with Crippen LogP contribution >= 0.6 is 0 Å². The maximum atomic E-state index is 12.7. The SMILES string of the molecule is CN(C)C1CCCN(C(=O)c2ccc(-n3cccc3)cc2)C1. The van der Waals surface area contributed by atoms with Crippen LogP contribution in [0.3, 0.4) is 0 Å². The summed E-state index contributed by atoms with van der Waals surface area (Å²) in [5.41, 5.74) is 1.85. The highest BCUT2D eigenvalue weighted by Gasteiger charge is 2.25. The Hall–Kier alpha value is -2.07. The van der Waals surface area contributed by atoms with Gasteiger partial charge in [-0.25, -0.2) is 0 Å². The Bertz CT molecular complexity index is 616. The first kappa shape index (κ1) is 14.9. The molecule has 4 heteroatoms. The van der Waals surface area contributed by atoms with Crippen LogP contribution in [-0.2, 0) is 0 Å². The first-order valence-electron chi connectivity index (χ1n) is 7.84. The molecule has 116 valence electrons. The van der Waals surface area contributed by atoms with Crippen molar-refractivity contribution in [1.29, 1.82) is 0 Å². The van der Waals surface area contributed by atoms with Gasteiger partial charge in [0.15, 0.2) is 0 Å². The van der Waals surface area contributed by atoms with E-state index in [0.717, 1.165) is 30.8 Å². The van der Waals surface area contributed by atoms with Crippen molar-refractivity contribution in [1.82, 2.24) is 14.4 Å². The number of likely N-dealkylation sites (N-methyl/N-ethyl adjacent to an activating group) is 1. The Morgan fingerprint density at radius 2 is 1.82 bits per heavy atom. The Morgan fingerprint density at radius 1 is 1.14 bits per heavy atom. The Morgan fingerprint density at radius 3 is 2.45 bits per heavy atom. The standard InChI is InChI=1S/C18H23N3O/c1-19(2)17-6-5-13-21(14-17)18(22)15-7-9-16(10-8-15)20-11-3-4-12-20/h3-4,7-12,17H,5-6,13-14H2,1-2H3. The molecule has 1 aliphatic heterocycles. The van der Waals surface area contributed by atoms with Gasteiger partial charge in [-0.3, -0.25) is 4.79 Å². The van der Waals surface area contributed by atoms with Gasteiger partial charge in [0.05, 0.1) is 0 Å². The molecule has 1 aromatic carbocycles. The fraction of sp³-hybridized carbons (Fsp3) is 0.389. The highest BCUT2D eigenvalue weighted by atomic mass is 16.2. The third-order valence-corrected chi connectivity index (χ3v) is 4.43. The number of rotatable bonds is 3. The average Bonchev–Trinajstić information content (AvgIpc) is 3.09. The van der Waals surface area contributed by atoms with E-state index in [2.05, 4.69) is 19.0 Å². The summed E-state index contributed by atoms with van der Waals surface area (Å²) in [5.74, 6) is 0.144. The lowest BCUT2D eigenvalue weighted by Crippen LogP contribution is -2.47. The number of carbonyl (C=O) groups is 1. The van der Waals surface area contributed by atoms with Crippen molar-refractivity contribution >= 4 is 5.91 Å². The first-order valence-corrected chi connectivity index (χ1v) is 7.84. The molecule has 0 bridgehead atoms. The van der Waals surface area contributed by atoms with Gasteiger partial charge in [-0.05, 0) is 63.3 Å². The lowest BCUT2D eigenvalue weighted by atomic mass is 10.0. The van der Waals surface area contributed by atoms with Crippen molar-refractivity contribution in [2.45, 2.75) is 18.9 Å². The van der Waals surface area contributed by atoms with Crippen LogP contribution < -0.4 is 0 Å². The predicted molar refractivity (Wildman–Crippen MR) is 88.4 cm³/mol. The molecule has 0 aliphatic carbocycles. The number of hydrogen-bond donors (Lipinski definition) is 0. The quantitative estimate of drug-likeness (QED) is 0.871. The maximum absolute atomic E-state index is 12.7. The fourth-order valence-corrected chi connectivity index (χ4v) is 3.03. The molecule has 1 saturated heterocycles. The summed E-state index contributed by atoms with van der Waals surface area (Å²) in [4.78, 5) is 16.9. The van der Waals surface area contributed by atoms with Gasteiger partial charge in [-0.1, -0.05) is 0 Å². The maximum Gasteiger partial charge on any atom is 0.253 e. The fourth-order valence-electron chi connectivity index (χ4n) is 3.03. The lowest BCUT2D eigenvalue weighted by Gasteiger charge is -2.36. The summed E-state index contributed by atoms with van der Waals surface area (Å²) >= 11 is 0. The van der Waals surface area contributed by atoms with Crippen LogP contribution in [0.25, 0.3) is 5.69 Å². The van der Waals surface area contributed by atoms with Gasteiger partial charge in [0.25, 0.3) is 5.91 Å². The minimum absolute atomic E-state index is 0.144. The molecule has 22 heavy (non-hydrogen) atoms. The molecular formula is C18H23N3O. The zero-order valence-corrected chi connectivity index (χ0v) is 13.3. The molecule has 1 amide bonds. The normalized spacial score (nSPS) is 18.7. The van der Waals surface area contributed by atoms with E-state index < -0.39 is 0 Å². The molecule has 1 aliphatic rings. The highest BCUT2D eigenvalue weighted by Crippen LogP contribution is 2.17. The molecule has 2 aromatic rings. The number of benzene rings is 1. The van der Waals surface area contributed by atoms with Gasteiger partial charge in [-0.2, -0.15) is 0 Å². The summed E-state index contributed by atoms with van der Waals surface area (Å²) in [6, 6.07) is 12.3. The van der Waals surface area contributed by atoms with Crippen molar-refractivity contribution in [3.8, 4) is 5.69 Å². The monoisotopic (exact) mass is 297 g/mol.